The Morgan fingerprint density at radius 1 is 1.44 bits per heavy atom. The number of fused-ring (bicyclic) bond motifs is 1. The molecule has 5 nitrogen and oxygen atoms in total. The fraction of sp³-hybridized carbons (Fsp3) is 0.462. The normalized spacial score (nSPS) is 16.3. The molecule has 0 radical (unpaired) electrons. The first-order valence-corrected chi connectivity index (χ1v) is 5.93. The van der Waals surface area contributed by atoms with Crippen molar-refractivity contribution in [1.29, 1.82) is 0 Å². The minimum atomic E-state index is -0.798. The number of aliphatic carboxylic acids is 1. The largest absolute Gasteiger partial charge is 0.481 e. The topological polar surface area (TPSA) is 67.8 Å². The summed E-state index contributed by atoms with van der Waals surface area (Å²) in [6.07, 6.45) is 0. The summed E-state index contributed by atoms with van der Waals surface area (Å²) in [5, 5.41) is 12.1. The third kappa shape index (κ3) is 2.56. The summed E-state index contributed by atoms with van der Waals surface area (Å²) in [6.45, 7) is 4.35. The van der Waals surface area contributed by atoms with Crippen molar-refractivity contribution in [1.82, 2.24) is 5.32 Å². The summed E-state index contributed by atoms with van der Waals surface area (Å²) < 4.78 is 10.7. The first kappa shape index (κ1) is 12.7. The molecule has 1 aliphatic rings. The van der Waals surface area contributed by atoms with E-state index in [0.717, 1.165) is 17.1 Å². The first-order valence-electron chi connectivity index (χ1n) is 5.93. The number of hydrogen-bond donors (Lipinski definition) is 2. The zero-order valence-corrected chi connectivity index (χ0v) is 10.5. The minimum absolute atomic E-state index is 0.110. The van der Waals surface area contributed by atoms with E-state index in [9.17, 15) is 4.79 Å². The van der Waals surface area contributed by atoms with Crippen molar-refractivity contribution in [2.75, 3.05) is 6.79 Å². The Bertz CT molecular complexity index is 447. The van der Waals surface area contributed by atoms with Gasteiger partial charge in [0.2, 0.25) is 6.79 Å². The minimum Gasteiger partial charge on any atom is -0.481 e. The highest BCUT2D eigenvalue weighted by Gasteiger charge is 2.21. The van der Waals surface area contributed by atoms with E-state index in [-0.39, 0.29) is 12.8 Å². The predicted octanol–water partition coefficient (Wildman–Crippen LogP) is 1.61. The lowest BCUT2D eigenvalue weighted by Gasteiger charge is -2.18. The van der Waals surface area contributed by atoms with Crippen LogP contribution in [0, 0.1) is 5.92 Å². The van der Waals surface area contributed by atoms with Gasteiger partial charge in [-0.05, 0) is 13.0 Å². The molecule has 18 heavy (non-hydrogen) atoms. The lowest BCUT2D eigenvalue weighted by molar-refractivity contribution is -0.141. The second kappa shape index (κ2) is 5.27. The molecular weight excluding hydrogens is 234 g/mol. The number of benzene rings is 1. The van der Waals surface area contributed by atoms with Crippen LogP contribution in [0.4, 0.5) is 0 Å². The molecule has 0 saturated carbocycles. The van der Waals surface area contributed by atoms with Gasteiger partial charge in [0.05, 0.1) is 5.92 Å². The SMILES string of the molecule is CC(NCc1cccc2c1OCO2)C(C)C(=O)O. The van der Waals surface area contributed by atoms with Gasteiger partial charge < -0.3 is 19.9 Å². The zero-order chi connectivity index (χ0) is 13.1. The number of carbonyl (C=O) groups is 1. The highest BCUT2D eigenvalue weighted by molar-refractivity contribution is 5.70. The third-order valence-electron chi connectivity index (χ3n) is 3.23. The summed E-state index contributed by atoms with van der Waals surface area (Å²) >= 11 is 0. The zero-order valence-electron chi connectivity index (χ0n) is 10.5. The molecule has 0 aliphatic carbocycles. The van der Waals surface area contributed by atoms with Gasteiger partial charge >= 0.3 is 5.97 Å². The molecular formula is C13H17NO4. The molecule has 0 bridgehead atoms. The van der Waals surface area contributed by atoms with Crippen LogP contribution in [0.2, 0.25) is 0 Å². The second-order valence-electron chi connectivity index (χ2n) is 4.45. The summed E-state index contributed by atoms with van der Waals surface area (Å²) in [7, 11) is 0. The standard InChI is InChI=1S/C13H17NO4/c1-8(13(15)16)9(2)14-6-10-4-3-5-11-12(10)18-7-17-11/h3-5,8-9,14H,6-7H2,1-2H3,(H,15,16). The number of ether oxygens (including phenoxy) is 2. The molecule has 2 unspecified atom stereocenters. The molecule has 1 aromatic carbocycles. The Hall–Kier alpha value is -1.75. The molecule has 2 rings (SSSR count). The Labute approximate surface area is 106 Å². The predicted molar refractivity (Wildman–Crippen MR) is 65.7 cm³/mol. The molecule has 2 N–H and O–H groups in total. The van der Waals surface area contributed by atoms with Crippen molar-refractivity contribution in [2.24, 2.45) is 5.92 Å². The van der Waals surface area contributed by atoms with Gasteiger partial charge in [0.1, 0.15) is 0 Å². The van der Waals surface area contributed by atoms with Crippen LogP contribution in [0.5, 0.6) is 11.5 Å². The number of carboxylic acids is 1. The molecule has 0 spiro atoms. The van der Waals surface area contributed by atoms with E-state index in [1.165, 1.54) is 0 Å². The number of para-hydroxylation sites is 1. The van der Waals surface area contributed by atoms with Crippen molar-refractivity contribution in [3.8, 4) is 11.5 Å². The molecule has 1 aliphatic heterocycles. The van der Waals surface area contributed by atoms with Crippen LogP contribution in [-0.4, -0.2) is 23.9 Å². The molecule has 1 aromatic rings. The number of rotatable bonds is 5. The third-order valence-corrected chi connectivity index (χ3v) is 3.23. The molecule has 5 heteroatoms. The summed E-state index contributed by atoms with van der Waals surface area (Å²) in [6, 6.07) is 5.59. The monoisotopic (exact) mass is 251 g/mol. The average Bonchev–Trinajstić information content (AvgIpc) is 2.83. The fourth-order valence-corrected chi connectivity index (χ4v) is 1.79. The number of nitrogens with one attached hydrogen (secondary N) is 1. The average molecular weight is 251 g/mol. The Balaban J connectivity index is 1.99. The summed E-state index contributed by atoms with van der Waals surface area (Å²) in [5.41, 5.74) is 0.981. The summed E-state index contributed by atoms with van der Waals surface area (Å²) in [5.74, 6) is 0.264. The second-order valence-corrected chi connectivity index (χ2v) is 4.45. The Kier molecular flexibility index (Phi) is 3.72. The van der Waals surface area contributed by atoms with Gasteiger partial charge in [0, 0.05) is 18.2 Å². The fourth-order valence-electron chi connectivity index (χ4n) is 1.79. The van der Waals surface area contributed by atoms with Gasteiger partial charge in [0.15, 0.2) is 11.5 Å². The van der Waals surface area contributed by atoms with Gasteiger partial charge in [0.25, 0.3) is 0 Å². The van der Waals surface area contributed by atoms with Crippen LogP contribution in [0.25, 0.3) is 0 Å². The van der Waals surface area contributed by atoms with Crippen LogP contribution in [0.3, 0.4) is 0 Å². The van der Waals surface area contributed by atoms with Crippen molar-refractivity contribution < 1.29 is 19.4 Å². The highest BCUT2D eigenvalue weighted by atomic mass is 16.7. The van der Waals surface area contributed by atoms with Crippen molar-refractivity contribution in [3.63, 3.8) is 0 Å². The molecule has 98 valence electrons. The van der Waals surface area contributed by atoms with Crippen LogP contribution >= 0.6 is 0 Å². The molecule has 0 aromatic heterocycles. The number of carboxylic acid groups (broad SMARTS) is 1. The maximum atomic E-state index is 10.9. The molecule has 0 saturated heterocycles. The number of hydrogen-bond acceptors (Lipinski definition) is 4. The quantitative estimate of drug-likeness (QED) is 0.832. The van der Waals surface area contributed by atoms with Crippen molar-refractivity contribution in [2.45, 2.75) is 26.4 Å². The molecule has 2 atom stereocenters. The maximum absolute atomic E-state index is 10.9. The van der Waals surface area contributed by atoms with Crippen LogP contribution in [-0.2, 0) is 11.3 Å². The van der Waals surface area contributed by atoms with E-state index in [1.54, 1.807) is 6.92 Å². The highest BCUT2D eigenvalue weighted by Crippen LogP contribution is 2.35. The van der Waals surface area contributed by atoms with Gasteiger partial charge in [-0.1, -0.05) is 19.1 Å². The van der Waals surface area contributed by atoms with E-state index >= 15 is 0 Å². The van der Waals surface area contributed by atoms with E-state index < -0.39 is 11.9 Å². The van der Waals surface area contributed by atoms with Crippen LogP contribution in [0.15, 0.2) is 18.2 Å². The first-order chi connectivity index (χ1) is 8.59. The molecule has 0 amide bonds. The van der Waals surface area contributed by atoms with Gasteiger partial charge in [-0.3, -0.25) is 4.79 Å². The molecule has 0 fully saturated rings. The Morgan fingerprint density at radius 2 is 2.22 bits per heavy atom. The van der Waals surface area contributed by atoms with Crippen LogP contribution < -0.4 is 14.8 Å². The van der Waals surface area contributed by atoms with E-state index in [0.29, 0.717) is 6.54 Å². The van der Waals surface area contributed by atoms with Crippen molar-refractivity contribution in [3.05, 3.63) is 23.8 Å². The molecule has 1 heterocycles. The lowest BCUT2D eigenvalue weighted by atomic mass is 10.0. The van der Waals surface area contributed by atoms with E-state index in [2.05, 4.69) is 5.32 Å². The van der Waals surface area contributed by atoms with E-state index in [1.807, 2.05) is 25.1 Å². The summed E-state index contributed by atoms with van der Waals surface area (Å²) in [4.78, 5) is 10.9. The lowest BCUT2D eigenvalue weighted by Crippen LogP contribution is -2.35. The van der Waals surface area contributed by atoms with Crippen molar-refractivity contribution >= 4 is 5.97 Å². The van der Waals surface area contributed by atoms with E-state index in [4.69, 9.17) is 14.6 Å². The van der Waals surface area contributed by atoms with Gasteiger partial charge in [-0.25, -0.2) is 0 Å². The van der Waals surface area contributed by atoms with Crippen LogP contribution in [0.1, 0.15) is 19.4 Å². The maximum Gasteiger partial charge on any atom is 0.307 e. The van der Waals surface area contributed by atoms with Gasteiger partial charge in [-0.15, -0.1) is 0 Å². The smallest absolute Gasteiger partial charge is 0.307 e. The van der Waals surface area contributed by atoms with Gasteiger partial charge in [-0.2, -0.15) is 0 Å². The Morgan fingerprint density at radius 3 is 2.94 bits per heavy atom.